The number of carbonyl (C=O) groups is 1. The quantitative estimate of drug-likeness (QED) is 0.551. The predicted molar refractivity (Wildman–Crippen MR) is 28.6 cm³/mol. The molecular formula is CH7AlCaO3Pr. The summed E-state index contributed by atoms with van der Waals surface area (Å²) in [6, 6.07) is 0. The molecule has 0 saturated heterocycles. The van der Waals surface area contributed by atoms with Crippen molar-refractivity contribution in [1.29, 1.82) is 0 Å². The Bertz CT molecular complexity index is 44.8. The second-order valence-electron chi connectivity index (χ2n) is 0.283. The summed E-state index contributed by atoms with van der Waals surface area (Å²) in [5.41, 5.74) is 0. The average molecular weight is 275 g/mol. The minimum atomic E-state index is -1.83. The van der Waals surface area contributed by atoms with Gasteiger partial charge in [0.05, 0.1) is 0 Å². The molecule has 0 aromatic carbocycles. The van der Waals surface area contributed by atoms with Gasteiger partial charge in [-0.25, -0.2) is 4.79 Å². The van der Waals surface area contributed by atoms with E-state index >= 15 is 0 Å². The maximum Gasteiger partial charge on any atom is 2.00 e. The standard InChI is InChI=1S/CH2O3.Al.Ca.Pr.5H/c2-1(3)4;;;;;;;;/h(H2,2,3,4);;;;;;;;/q;;+2;;;;;2*-1. The van der Waals surface area contributed by atoms with Crippen LogP contribution in [-0.2, 0) is 0 Å². The molecule has 0 heterocycles. The molecule has 37 valence electrons. The van der Waals surface area contributed by atoms with Gasteiger partial charge in [0.1, 0.15) is 0 Å². The summed E-state index contributed by atoms with van der Waals surface area (Å²) in [4.78, 5) is 8.56. The van der Waals surface area contributed by atoms with Crippen LogP contribution >= 0.6 is 0 Å². The van der Waals surface area contributed by atoms with Crippen molar-refractivity contribution >= 4 is 61.3 Å². The van der Waals surface area contributed by atoms with Crippen molar-refractivity contribution < 1.29 is 59.2 Å². The van der Waals surface area contributed by atoms with E-state index in [2.05, 4.69) is 0 Å². The van der Waals surface area contributed by atoms with Crippen molar-refractivity contribution in [3.63, 3.8) is 0 Å². The Hall–Kier alpha value is 2.43. The Morgan fingerprint density at radius 2 is 1.43 bits per heavy atom. The van der Waals surface area contributed by atoms with Crippen LogP contribution in [0.3, 0.4) is 0 Å². The SMILES string of the molecule is O=C(O)O.[AlH3].[Ca+2].[H-].[H-].[Pr]. The van der Waals surface area contributed by atoms with Gasteiger partial charge in [-0.05, 0) is 0 Å². The van der Waals surface area contributed by atoms with Crippen LogP contribution in [0.1, 0.15) is 2.85 Å². The Kier molecular flexibility index (Phi) is 51.2. The molecule has 0 rings (SSSR count). The van der Waals surface area contributed by atoms with E-state index in [1.54, 1.807) is 0 Å². The number of carboxylic acid groups (broad SMARTS) is 2. The predicted octanol–water partition coefficient (Wildman–Crippen LogP) is -1.12. The van der Waals surface area contributed by atoms with Crippen LogP contribution in [0, 0.1) is 41.3 Å². The van der Waals surface area contributed by atoms with Crippen LogP contribution in [0.15, 0.2) is 0 Å². The third-order valence-electron chi connectivity index (χ3n) is 0. The molecule has 6 heteroatoms. The molecule has 0 aliphatic rings. The molecule has 0 aliphatic carbocycles. The zero-order valence-electron chi connectivity index (χ0n) is 5.09. The molecule has 2 N–H and O–H groups in total. The maximum absolute atomic E-state index is 8.56. The Labute approximate surface area is 118 Å². The van der Waals surface area contributed by atoms with Gasteiger partial charge in [-0.15, -0.1) is 0 Å². The van der Waals surface area contributed by atoms with Crippen LogP contribution in [0.4, 0.5) is 4.79 Å². The van der Waals surface area contributed by atoms with E-state index < -0.39 is 6.16 Å². The molecule has 0 aliphatic heterocycles. The van der Waals surface area contributed by atoms with E-state index in [1.165, 1.54) is 0 Å². The van der Waals surface area contributed by atoms with Crippen LogP contribution in [-0.4, -0.2) is 71.5 Å². The molecule has 7 heavy (non-hydrogen) atoms. The summed E-state index contributed by atoms with van der Waals surface area (Å²) in [5, 5.41) is 13.9. The van der Waals surface area contributed by atoms with E-state index in [4.69, 9.17) is 15.0 Å². The van der Waals surface area contributed by atoms with Gasteiger partial charge >= 0.3 is 43.9 Å². The molecule has 0 spiro atoms. The van der Waals surface area contributed by atoms with Crippen molar-refractivity contribution in [2.45, 2.75) is 0 Å². The zero-order valence-corrected chi connectivity index (χ0v) is 9.00. The number of rotatable bonds is 0. The second kappa shape index (κ2) is 15.8. The summed E-state index contributed by atoms with van der Waals surface area (Å²) in [7, 11) is 0. The first-order valence-corrected chi connectivity index (χ1v) is 0.651. The van der Waals surface area contributed by atoms with Crippen LogP contribution in [0.2, 0.25) is 0 Å². The molecule has 0 fully saturated rings. The Morgan fingerprint density at radius 3 is 1.43 bits per heavy atom. The van der Waals surface area contributed by atoms with Gasteiger partial charge in [-0.1, -0.05) is 0 Å². The molecule has 0 saturated carbocycles. The Balaban J connectivity index is -0.00000000450. The van der Waals surface area contributed by atoms with Gasteiger partial charge in [-0.3, -0.25) is 0 Å². The summed E-state index contributed by atoms with van der Waals surface area (Å²) in [5.74, 6) is 0. The van der Waals surface area contributed by atoms with Crippen molar-refractivity contribution in [2.24, 2.45) is 0 Å². The van der Waals surface area contributed by atoms with Gasteiger partial charge in [0.2, 0.25) is 0 Å². The monoisotopic (exact) mass is 275 g/mol. The smallest absolute Gasteiger partial charge is 1.00 e. The van der Waals surface area contributed by atoms with Crippen molar-refractivity contribution in [2.75, 3.05) is 0 Å². The summed E-state index contributed by atoms with van der Waals surface area (Å²) in [6.45, 7) is 0. The minimum absolute atomic E-state index is 0. The summed E-state index contributed by atoms with van der Waals surface area (Å²) < 4.78 is 0. The summed E-state index contributed by atoms with van der Waals surface area (Å²) in [6.07, 6.45) is -1.83. The normalized spacial score (nSPS) is 3.43. The van der Waals surface area contributed by atoms with Gasteiger partial charge in [0.15, 0.2) is 17.4 Å². The van der Waals surface area contributed by atoms with E-state index in [1.807, 2.05) is 0 Å². The fourth-order valence-corrected chi connectivity index (χ4v) is 0. The van der Waals surface area contributed by atoms with E-state index in [9.17, 15) is 0 Å². The first-order valence-electron chi connectivity index (χ1n) is 0.651. The van der Waals surface area contributed by atoms with Gasteiger partial charge in [-0.2, -0.15) is 0 Å². The summed E-state index contributed by atoms with van der Waals surface area (Å²) >= 11 is 0. The Morgan fingerprint density at radius 1 is 1.43 bits per heavy atom. The fraction of sp³-hybridized carbons (Fsp3) is 0. The first-order chi connectivity index (χ1) is 1.73. The maximum atomic E-state index is 8.56. The third-order valence-corrected chi connectivity index (χ3v) is 0. The largest absolute Gasteiger partial charge is 2.00 e. The minimum Gasteiger partial charge on any atom is -1.00 e. The first kappa shape index (κ1) is 22.7. The molecule has 0 unspecified atom stereocenters. The van der Waals surface area contributed by atoms with Crippen molar-refractivity contribution in [3.8, 4) is 0 Å². The molecule has 0 amide bonds. The van der Waals surface area contributed by atoms with E-state index in [0.29, 0.717) is 0 Å². The van der Waals surface area contributed by atoms with E-state index in [0.717, 1.165) is 0 Å². The van der Waals surface area contributed by atoms with E-state index in [-0.39, 0.29) is 99.2 Å². The zero-order chi connectivity index (χ0) is 3.58. The molecule has 0 atom stereocenters. The van der Waals surface area contributed by atoms with Crippen LogP contribution in [0.25, 0.3) is 0 Å². The number of hydrogen-bond donors (Lipinski definition) is 2. The van der Waals surface area contributed by atoms with Crippen LogP contribution in [0.5, 0.6) is 0 Å². The average Bonchev–Trinajstić information content (AvgIpc) is 0.811. The molecule has 0 aromatic heterocycles. The third kappa shape index (κ3) is 59.1. The van der Waals surface area contributed by atoms with Gasteiger partial charge in [0, 0.05) is 41.3 Å². The second-order valence-corrected chi connectivity index (χ2v) is 0.283. The molecule has 0 aromatic rings. The van der Waals surface area contributed by atoms with Gasteiger partial charge in [0.25, 0.3) is 0 Å². The van der Waals surface area contributed by atoms with Crippen LogP contribution < -0.4 is 0 Å². The molecular weight excluding hydrogens is 268 g/mol. The van der Waals surface area contributed by atoms with Crippen molar-refractivity contribution in [3.05, 3.63) is 0 Å². The fourth-order valence-electron chi connectivity index (χ4n) is 0. The molecule has 3 nitrogen and oxygen atoms in total. The van der Waals surface area contributed by atoms with Crippen molar-refractivity contribution in [1.82, 2.24) is 0 Å². The topological polar surface area (TPSA) is 57.5 Å². The number of hydrogen-bond acceptors (Lipinski definition) is 1. The molecule has 1 radical (unpaired) electrons. The van der Waals surface area contributed by atoms with Gasteiger partial charge < -0.3 is 13.1 Å². The molecule has 0 bridgehead atoms.